The molecule has 184 valence electrons. The van der Waals surface area contributed by atoms with Crippen molar-refractivity contribution in [3.63, 3.8) is 0 Å². The Kier molecular flexibility index (Phi) is 6.63. The van der Waals surface area contributed by atoms with Gasteiger partial charge in [0, 0.05) is 18.2 Å². The minimum atomic E-state index is -0.493. The number of fused-ring (bicyclic) bond motifs is 1. The van der Waals surface area contributed by atoms with E-state index in [9.17, 15) is 9.59 Å². The van der Waals surface area contributed by atoms with Crippen LogP contribution in [0.25, 0.3) is 33.4 Å². The first-order valence-corrected chi connectivity index (χ1v) is 11.8. The zero-order valence-electron chi connectivity index (χ0n) is 20.4. The Balaban J connectivity index is 1.31. The summed E-state index contributed by atoms with van der Waals surface area (Å²) in [5.41, 5.74) is 9.92. The average Bonchev–Trinajstić information content (AvgIpc) is 3.24. The number of benzene rings is 3. The number of aromatic nitrogens is 3. The quantitative estimate of drug-likeness (QED) is 0.342. The summed E-state index contributed by atoms with van der Waals surface area (Å²) in [6, 6.07) is 28.5. The van der Waals surface area contributed by atoms with E-state index in [1.807, 2.05) is 85.8 Å². The van der Waals surface area contributed by atoms with Crippen LogP contribution < -0.4 is 15.6 Å². The minimum absolute atomic E-state index is 0.267. The summed E-state index contributed by atoms with van der Waals surface area (Å²) in [6.45, 7) is 1.55. The van der Waals surface area contributed by atoms with Gasteiger partial charge in [-0.25, -0.2) is 4.98 Å². The van der Waals surface area contributed by atoms with Crippen LogP contribution in [0.5, 0.6) is 5.75 Å². The highest BCUT2D eigenvalue weighted by molar-refractivity contribution is 6.07. The maximum absolute atomic E-state index is 13.2. The molecule has 2 amide bonds. The van der Waals surface area contributed by atoms with Crippen molar-refractivity contribution in [3.8, 4) is 28.1 Å². The number of hydrazine groups is 1. The number of para-hydroxylation sites is 1. The number of carbonyl (C=O) groups excluding carboxylic acids is 2. The SMILES string of the molecule is Cc1nn(C)c2nc(-c3ccccc3)cc(C(=O)NNC(=O)COc3ccccc3-c3ccccc3)c12. The Hall–Kier alpha value is -4.98. The van der Waals surface area contributed by atoms with Crippen molar-refractivity contribution in [2.75, 3.05) is 6.61 Å². The summed E-state index contributed by atoms with van der Waals surface area (Å²) >= 11 is 0. The molecular weight excluding hydrogens is 466 g/mol. The summed E-state index contributed by atoms with van der Waals surface area (Å²) in [4.78, 5) is 30.4. The molecule has 3 aromatic carbocycles. The van der Waals surface area contributed by atoms with Crippen molar-refractivity contribution in [1.82, 2.24) is 25.6 Å². The second-order valence-corrected chi connectivity index (χ2v) is 8.48. The molecule has 0 saturated carbocycles. The largest absolute Gasteiger partial charge is 0.483 e. The van der Waals surface area contributed by atoms with Crippen LogP contribution in [0.15, 0.2) is 91.0 Å². The zero-order chi connectivity index (χ0) is 25.8. The van der Waals surface area contributed by atoms with Crippen LogP contribution in [-0.2, 0) is 11.8 Å². The van der Waals surface area contributed by atoms with Gasteiger partial charge in [-0.3, -0.25) is 25.1 Å². The molecule has 0 saturated heterocycles. The van der Waals surface area contributed by atoms with Gasteiger partial charge in [-0.2, -0.15) is 5.10 Å². The Bertz CT molecular complexity index is 1580. The number of rotatable bonds is 6. The normalized spacial score (nSPS) is 10.8. The third-order valence-electron chi connectivity index (χ3n) is 5.93. The predicted molar refractivity (Wildman–Crippen MR) is 142 cm³/mol. The number of aryl methyl sites for hydroxylation is 2. The molecule has 0 fully saturated rings. The fraction of sp³-hybridized carbons (Fsp3) is 0.103. The first-order valence-electron chi connectivity index (χ1n) is 11.8. The van der Waals surface area contributed by atoms with Crippen LogP contribution in [0.4, 0.5) is 0 Å². The highest BCUT2D eigenvalue weighted by Crippen LogP contribution is 2.29. The van der Waals surface area contributed by atoms with Gasteiger partial charge in [0.15, 0.2) is 12.3 Å². The lowest BCUT2D eigenvalue weighted by Gasteiger charge is -2.13. The van der Waals surface area contributed by atoms with Crippen molar-refractivity contribution >= 4 is 22.8 Å². The van der Waals surface area contributed by atoms with Crippen LogP contribution in [0.1, 0.15) is 16.1 Å². The number of nitrogens with zero attached hydrogens (tertiary/aromatic N) is 3. The summed E-state index contributed by atoms with van der Waals surface area (Å²) in [5.74, 6) is -0.393. The Labute approximate surface area is 213 Å². The molecule has 0 aliphatic carbocycles. The minimum Gasteiger partial charge on any atom is -0.483 e. The van der Waals surface area contributed by atoms with E-state index in [1.54, 1.807) is 23.9 Å². The number of ether oxygens (including phenoxy) is 1. The van der Waals surface area contributed by atoms with Crippen molar-refractivity contribution in [2.45, 2.75) is 6.92 Å². The summed E-state index contributed by atoms with van der Waals surface area (Å²) in [5, 5.41) is 5.05. The standard InChI is InChI=1S/C29H25N5O3/c1-19-27-23(17-24(21-13-7-4-8-14-21)30-28(27)34(2)33-19)29(36)32-31-26(35)18-37-25-16-10-9-15-22(25)20-11-5-3-6-12-20/h3-17H,18H2,1-2H3,(H,31,35)(H,32,36). The lowest BCUT2D eigenvalue weighted by molar-refractivity contribution is -0.123. The van der Waals surface area contributed by atoms with Crippen molar-refractivity contribution in [3.05, 3.63) is 102 Å². The average molecular weight is 492 g/mol. The van der Waals surface area contributed by atoms with Crippen molar-refractivity contribution < 1.29 is 14.3 Å². The van der Waals surface area contributed by atoms with E-state index >= 15 is 0 Å². The molecule has 0 bridgehead atoms. The van der Waals surface area contributed by atoms with E-state index in [-0.39, 0.29) is 6.61 Å². The van der Waals surface area contributed by atoms with Gasteiger partial charge in [0.2, 0.25) is 0 Å². The number of pyridine rings is 1. The van der Waals surface area contributed by atoms with Gasteiger partial charge in [0.05, 0.1) is 22.3 Å². The van der Waals surface area contributed by atoms with Crippen LogP contribution in [-0.4, -0.2) is 33.2 Å². The first-order chi connectivity index (χ1) is 18.0. The molecule has 0 atom stereocenters. The van der Waals surface area contributed by atoms with Gasteiger partial charge in [0.1, 0.15) is 5.75 Å². The molecule has 8 heteroatoms. The number of amides is 2. The Morgan fingerprint density at radius 3 is 2.24 bits per heavy atom. The van der Waals surface area contributed by atoms with Gasteiger partial charge in [-0.15, -0.1) is 0 Å². The lowest BCUT2D eigenvalue weighted by Crippen LogP contribution is -2.44. The molecule has 5 aromatic rings. The topological polar surface area (TPSA) is 98.1 Å². The third kappa shape index (κ3) is 5.04. The van der Waals surface area contributed by atoms with Gasteiger partial charge in [0.25, 0.3) is 11.8 Å². The molecule has 0 unspecified atom stereocenters. The third-order valence-corrected chi connectivity index (χ3v) is 5.93. The van der Waals surface area contributed by atoms with Crippen LogP contribution in [0.2, 0.25) is 0 Å². The highest BCUT2D eigenvalue weighted by Gasteiger charge is 2.20. The molecule has 0 spiro atoms. The van der Waals surface area contributed by atoms with Crippen LogP contribution in [0.3, 0.4) is 0 Å². The number of hydrogen-bond donors (Lipinski definition) is 2. The molecule has 0 aliphatic rings. The number of hydrogen-bond acceptors (Lipinski definition) is 5. The first kappa shape index (κ1) is 23.7. The van der Waals surface area contributed by atoms with E-state index in [1.165, 1.54) is 0 Å². The number of nitrogens with one attached hydrogen (secondary N) is 2. The fourth-order valence-electron chi connectivity index (χ4n) is 4.20. The monoisotopic (exact) mass is 491 g/mol. The summed E-state index contributed by atoms with van der Waals surface area (Å²) in [6.07, 6.45) is 0. The molecule has 8 nitrogen and oxygen atoms in total. The van der Waals surface area contributed by atoms with E-state index in [0.717, 1.165) is 16.7 Å². The maximum Gasteiger partial charge on any atom is 0.276 e. The Morgan fingerprint density at radius 2 is 1.51 bits per heavy atom. The van der Waals surface area contributed by atoms with E-state index < -0.39 is 11.8 Å². The van der Waals surface area contributed by atoms with Gasteiger partial charge in [-0.1, -0.05) is 78.9 Å². The molecule has 2 N–H and O–H groups in total. The van der Waals surface area contributed by atoms with Gasteiger partial charge in [-0.05, 0) is 24.6 Å². The molecule has 37 heavy (non-hydrogen) atoms. The molecule has 5 rings (SSSR count). The van der Waals surface area contributed by atoms with E-state index in [2.05, 4.69) is 16.0 Å². The van der Waals surface area contributed by atoms with Crippen LogP contribution >= 0.6 is 0 Å². The molecular formula is C29H25N5O3. The van der Waals surface area contributed by atoms with E-state index in [0.29, 0.717) is 33.7 Å². The molecule has 2 aromatic heterocycles. The lowest BCUT2D eigenvalue weighted by atomic mass is 10.1. The second kappa shape index (κ2) is 10.3. The van der Waals surface area contributed by atoms with Crippen LogP contribution in [0, 0.1) is 6.92 Å². The molecule has 2 heterocycles. The smallest absolute Gasteiger partial charge is 0.276 e. The van der Waals surface area contributed by atoms with Crippen molar-refractivity contribution in [2.24, 2.45) is 7.05 Å². The maximum atomic E-state index is 13.2. The zero-order valence-corrected chi connectivity index (χ0v) is 20.4. The summed E-state index contributed by atoms with van der Waals surface area (Å²) in [7, 11) is 1.78. The van der Waals surface area contributed by atoms with Gasteiger partial charge < -0.3 is 4.74 Å². The van der Waals surface area contributed by atoms with Crippen molar-refractivity contribution in [1.29, 1.82) is 0 Å². The fourth-order valence-corrected chi connectivity index (χ4v) is 4.20. The Morgan fingerprint density at radius 1 is 0.865 bits per heavy atom. The molecule has 0 radical (unpaired) electrons. The molecule has 0 aliphatic heterocycles. The predicted octanol–water partition coefficient (Wildman–Crippen LogP) is 4.45. The van der Waals surface area contributed by atoms with E-state index in [4.69, 9.17) is 9.72 Å². The van der Waals surface area contributed by atoms with Gasteiger partial charge >= 0.3 is 0 Å². The number of carbonyl (C=O) groups is 2. The highest BCUT2D eigenvalue weighted by atomic mass is 16.5. The second-order valence-electron chi connectivity index (χ2n) is 8.48. The summed E-state index contributed by atoms with van der Waals surface area (Å²) < 4.78 is 7.42.